The van der Waals surface area contributed by atoms with Crippen molar-refractivity contribution in [2.75, 3.05) is 4.90 Å². The van der Waals surface area contributed by atoms with Gasteiger partial charge in [0.05, 0.1) is 5.69 Å². The summed E-state index contributed by atoms with van der Waals surface area (Å²) < 4.78 is 13.2. The van der Waals surface area contributed by atoms with Gasteiger partial charge in [0, 0.05) is 38.5 Å². The monoisotopic (exact) mass is 860 g/mol. The second kappa shape index (κ2) is 15.3. The summed E-state index contributed by atoms with van der Waals surface area (Å²) in [5.41, 5.74) is 7.49. The molecular formula is C61H40N2O2Si. The van der Waals surface area contributed by atoms with Gasteiger partial charge < -0.3 is 13.7 Å². The minimum absolute atomic E-state index is 0.612. The number of rotatable bonds is 8. The average molecular weight is 861 g/mol. The highest BCUT2D eigenvalue weighted by molar-refractivity contribution is 7.19. The molecule has 2 heterocycles. The molecule has 0 saturated heterocycles. The fraction of sp³-hybridized carbons (Fsp3) is 0. The quantitative estimate of drug-likeness (QED) is 0.0867. The summed E-state index contributed by atoms with van der Waals surface area (Å²) in [6.45, 7) is 0. The van der Waals surface area contributed by atoms with Gasteiger partial charge >= 0.3 is 0 Å². The van der Waals surface area contributed by atoms with Crippen LogP contribution in [0.15, 0.2) is 251 Å². The highest BCUT2D eigenvalue weighted by Crippen LogP contribution is 2.44. The molecule has 5 heteroatoms. The molecule has 13 aromatic rings. The molecule has 0 fully saturated rings. The normalized spacial score (nSPS) is 11.9. The van der Waals surface area contributed by atoms with Crippen LogP contribution in [0.1, 0.15) is 0 Å². The number of fused-ring (bicyclic) bond motifs is 9. The van der Waals surface area contributed by atoms with Crippen molar-refractivity contribution in [3.8, 4) is 11.5 Å². The first-order chi connectivity index (χ1) is 32.7. The molecule has 0 N–H and O–H groups in total. The van der Waals surface area contributed by atoms with Crippen molar-refractivity contribution in [1.29, 1.82) is 0 Å². The second-order valence-electron chi connectivity index (χ2n) is 17.0. The summed E-state index contributed by atoms with van der Waals surface area (Å²) in [6, 6.07) is 87.8. The van der Waals surface area contributed by atoms with Crippen LogP contribution in [0.25, 0.3) is 76.8 Å². The molecule has 13 rings (SSSR count). The van der Waals surface area contributed by atoms with Gasteiger partial charge in [-0.1, -0.05) is 176 Å². The Morgan fingerprint density at radius 1 is 0.364 bits per heavy atom. The van der Waals surface area contributed by atoms with E-state index in [0.717, 1.165) is 88.0 Å². The van der Waals surface area contributed by atoms with Gasteiger partial charge in [-0.15, -0.1) is 0 Å². The molecule has 0 spiro atoms. The van der Waals surface area contributed by atoms with E-state index < -0.39 is 8.07 Å². The molecule has 310 valence electrons. The standard InChI is InChI=1S/C61H40N2O2Si/c1-5-17-43(18-6-1)61-62-55-36-34-42-32-31-41-33-35-46(39-53(41)59(42)60(55)65-61)63(56-29-15-19-44-37-58-54(40-52(44)56)51-28-13-14-30-57(51)64-58)45-20-16-27-50(38-45)66(47-21-7-2-8-22-47,48-23-9-3-10-24-48)49-25-11-4-12-26-49/h1-40H. The Morgan fingerprint density at radius 3 is 1.71 bits per heavy atom. The Labute approximate surface area is 382 Å². The Hall–Kier alpha value is -8.51. The van der Waals surface area contributed by atoms with E-state index in [-0.39, 0.29) is 0 Å². The van der Waals surface area contributed by atoms with Crippen LogP contribution in [0.2, 0.25) is 0 Å². The SMILES string of the molecule is c1ccc(-c2nc3ccc4ccc5ccc(N(c6cccc([Si](c7ccccc7)(c7ccccc7)c7ccccc7)c6)c6cccc7cc8oc9ccccc9c8cc67)cc5c4c3o2)cc1. The van der Waals surface area contributed by atoms with Crippen LogP contribution in [-0.2, 0) is 0 Å². The largest absolute Gasteiger partial charge is 0.456 e. The van der Waals surface area contributed by atoms with E-state index >= 15 is 0 Å². The minimum atomic E-state index is -2.89. The van der Waals surface area contributed by atoms with Crippen LogP contribution in [-0.4, -0.2) is 13.1 Å². The second-order valence-corrected chi connectivity index (χ2v) is 20.9. The van der Waals surface area contributed by atoms with Crippen molar-refractivity contribution in [3.05, 3.63) is 243 Å². The highest BCUT2D eigenvalue weighted by atomic mass is 28.3. The Kier molecular flexibility index (Phi) is 8.83. The van der Waals surface area contributed by atoms with Crippen LogP contribution < -0.4 is 25.6 Å². The predicted octanol–water partition coefficient (Wildman–Crippen LogP) is 13.7. The van der Waals surface area contributed by atoms with Crippen molar-refractivity contribution in [2.24, 2.45) is 0 Å². The van der Waals surface area contributed by atoms with Gasteiger partial charge in [0.1, 0.15) is 16.7 Å². The van der Waals surface area contributed by atoms with Crippen molar-refractivity contribution in [1.82, 2.24) is 4.98 Å². The zero-order valence-corrected chi connectivity index (χ0v) is 36.8. The maximum absolute atomic E-state index is 6.72. The zero-order valence-electron chi connectivity index (χ0n) is 35.8. The molecule has 0 bridgehead atoms. The summed E-state index contributed by atoms with van der Waals surface area (Å²) in [5, 5.41) is 14.1. The van der Waals surface area contributed by atoms with Crippen LogP contribution in [0.5, 0.6) is 0 Å². The van der Waals surface area contributed by atoms with E-state index in [0.29, 0.717) is 5.89 Å². The van der Waals surface area contributed by atoms with Crippen LogP contribution >= 0.6 is 0 Å². The zero-order chi connectivity index (χ0) is 43.6. The van der Waals surface area contributed by atoms with Crippen LogP contribution in [0.3, 0.4) is 0 Å². The molecule has 0 aliphatic rings. The van der Waals surface area contributed by atoms with Crippen molar-refractivity contribution < 1.29 is 8.83 Å². The molecule has 11 aromatic carbocycles. The smallest absolute Gasteiger partial charge is 0.227 e. The summed E-state index contributed by atoms with van der Waals surface area (Å²) >= 11 is 0. The molecule has 0 aliphatic carbocycles. The summed E-state index contributed by atoms with van der Waals surface area (Å²) in [6.07, 6.45) is 0. The van der Waals surface area contributed by atoms with E-state index in [9.17, 15) is 0 Å². The van der Waals surface area contributed by atoms with E-state index in [1.165, 1.54) is 20.7 Å². The van der Waals surface area contributed by atoms with E-state index in [4.69, 9.17) is 13.8 Å². The number of hydrogen-bond donors (Lipinski definition) is 0. The van der Waals surface area contributed by atoms with Gasteiger partial charge in [0.25, 0.3) is 0 Å². The Bertz CT molecular complexity index is 3840. The number of benzene rings is 11. The first-order valence-corrected chi connectivity index (χ1v) is 24.4. The molecule has 0 aliphatic heterocycles. The summed E-state index contributed by atoms with van der Waals surface area (Å²) in [7, 11) is -2.89. The molecule has 4 nitrogen and oxygen atoms in total. The number of oxazole rings is 1. The van der Waals surface area contributed by atoms with E-state index in [1.54, 1.807) is 0 Å². The third-order valence-electron chi connectivity index (χ3n) is 13.4. The molecule has 0 unspecified atom stereocenters. The number of nitrogens with zero attached hydrogens (tertiary/aromatic N) is 2. The third-order valence-corrected chi connectivity index (χ3v) is 18.1. The fourth-order valence-corrected chi connectivity index (χ4v) is 15.2. The maximum Gasteiger partial charge on any atom is 0.227 e. The molecule has 0 atom stereocenters. The third kappa shape index (κ3) is 6.02. The molecular weight excluding hydrogens is 821 g/mol. The summed E-state index contributed by atoms with van der Waals surface area (Å²) in [5.74, 6) is 0.612. The van der Waals surface area contributed by atoms with Gasteiger partial charge in [0.15, 0.2) is 13.7 Å². The van der Waals surface area contributed by atoms with Crippen molar-refractivity contribution in [2.45, 2.75) is 0 Å². The number of para-hydroxylation sites is 1. The van der Waals surface area contributed by atoms with E-state index in [1.807, 2.05) is 36.4 Å². The number of anilines is 3. The number of hydrogen-bond acceptors (Lipinski definition) is 4. The first-order valence-electron chi connectivity index (χ1n) is 22.4. The lowest BCUT2D eigenvalue weighted by Gasteiger charge is -2.35. The fourth-order valence-electron chi connectivity index (χ4n) is 10.4. The molecule has 0 radical (unpaired) electrons. The van der Waals surface area contributed by atoms with Crippen molar-refractivity contribution >= 4 is 111 Å². The molecule has 2 aromatic heterocycles. The van der Waals surface area contributed by atoms with Gasteiger partial charge in [-0.05, 0) is 109 Å². The lowest BCUT2D eigenvalue weighted by Crippen LogP contribution is -2.74. The summed E-state index contributed by atoms with van der Waals surface area (Å²) in [4.78, 5) is 7.45. The molecule has 0 amide bonds. The topological polar surface area (TPSA) is 42.4 Å². The highest BCUT2D eigenvalue weighted by Gasteiger charge is 2.41. The molecule has 0 saturated carbocycles. The predicted molar refractivity (Wildman–Crippen MR) is 278 cm³/mol. The average Bonchev–Trinajstić information content (AvgIpc) is 3.99. The van der Waals surface area contributed by atoms with Crippen molar-refractivity contribution in [3.63, 3.8) is 0 Å². The lowest BCUT2D eigenvalue weighted by atomic mass is 9.99. The van der Waals surface area contributed by atoms with Gasteiger partial charge in [0.2, 0.25) is 5.89 Å². The van der Waals surface area contributed by atoms with E-state index in [2.05, 4.69) is 211 Å². The first kappa shape index (κ1) is 38.0. The Morgan fingerprint density at radius 2 is 0.970 bits per heavy atom. The Balaban J connectivity index is 1.10. The van der Waals surface area contributed by atoms with Gasteiger partial charge in [-0.25, -0.2) is 4.98 Å². The maximum atomic E-state index is 6.72. The molecule has 66 heavy (non-hydrogen) atoms. The van der Waals surface area contributed by atoms with Gasteiger partial charge in [-0.2, -0.15) is 0 Å². The lowest BCUT2D eigenvalue weighted by molar-refractivity contribution is 0.623. The van der Waals surface area contributed by atoms with Crippen LogP contribution in [0, 0.1) is 0 Å². The number of aromatic nitrogens is 1. The minimum Gasteiger partial charge on any atom is -0.456 e. The van der Waals surface area contributed by atoms with Gasteiger partial charge in [-0.3, -0.25) is 0 Å². The number of furan rings is 1. The van der Waals surface area contributed by atoms with Crippen LogP contribution in [0.4, 0.5) is 17.1 Å².